The highest BCUT2D eigenvalue weighted by molar-refractivity contribution is 6.12. The van der Waals surface area contributed by atoms with Crippen molar-refractivity contribution in [1.29, 1.82) is 0 Å². The van der Waals surface area contributed by atoms with Gasteiger partial charge in [0.1, 0.15) is 11.9 Å². The molecule has 0 aliphatic carbocycles. The fraction of sp³-hybridized carbons (Fsp3) is 0.300. The van der Waals surface area contributed by atoms with Gasteiger partial charge in [-0.1, -0.05) is 31.2 Å². The van der Waals surface area contributed by atoms with Gasteiger partial charge >= 0.3 is 0 Å². The summed E-state index contributed by atoms with van der Waals surface area (Å²) in [5.41, 5.74) is 2.99. The number of fused-ring (bicyclic) bond motifs is 2. The van der Waals surface area contributed by atoms with Crippen molar-refractivity contribution in [3.8, 4) is 5.75 Å². The highest BCUT2D eigenvalue weighted by Gasteiger charge is 2.32. The highest BCUT2D eigenvalue weighted by atomic mass is 16.5. The van der Waals surface area contributed by atoms with Gasteiger partial charge in [-0.3, -0.25) is 9.59 Å². The summed E-state index contributed by atoms with van der Waals surface area (Å²) in [4.78, 5) is 27.3. The molecule has 128 valence electrons. The van der Waals surface area contributed by atoms with Crippen molar-refractivity contribution >= 4 is 23.2 Å². The molecule has 0 radical (unpaired) electrons. The number of carbonyl (C=O) groups is 2. The van der Waals surface area contributed by atoms with Crippen molar-refractivity contribution < 1.29 is 14.3 Å². The maximum absolute atomic E-state index is 13.3. The van der Waals surface area contributed by atoms with Gasteiger partial charge in [-0.25, -0.2) is 0 Å². The van der Waals surface area contributed by atoms with E-state index in [1.165, 1.54) is 0 Å². The van der Waals surface area contributed by atoms with Crippen LogP contribution in [0.4, 0.5) is 11.4 Å². The smallest absolute Gasteiger partial charge is 0.262 e. The lowest BCUT2D eigenvalue weighted by molar-refractivity contribution is -0.119. The summed E-state index contributed by atoms with van der Waals surface area (Å²) < 4.78 is 5.89. The van der Waals surface area contributed by atoms with Crippen LogP contribution in [0.1, 0.15) is 29.8 Å². The maximum atomic E-state index is 13.3. The molecule has 1 N–H and O–H groups in total. The first-order valence-electron chi connectivity index (χ1n) is 8.55. The lowest BCUT2D eigenvalue weighted by Crippen LogP contribution is -2.36. The Balaban J connectivity index is 1.78. The third-order valence-corrected chi connectivity index (χ3v) is 4.76. The first-order valence-corrected chi connectivity index (χ1v) is 8.55. The number of amides is 2. The summed E-state index contributed by atoms with van der Waals surface area (Å²) in [6.07, 6.45) is 0.881. The predicted molar refractivity (Wildman–Crippen MR) is 96.1 cm³/mol. The van der Waals surface area contributed by atoms with Gasteiger partial charge in [0.2, 0.25) is 5.91 Å². The number of para-hydroxylation sites is 3. The van der Waals surface area contributed by atoms with Crippen molar-refractivity contribution in [2.75, 3.05) is 16.8 Å². The van der Waals surface area contributed by atoms with Crippen LogP contribution in [-0.4, -0.2) is 24.5 Å². The van der Waals surface area contributed by atoms with E-state index >= 15 is 0 Å². The van der Waals surface area contributed by atoms with Crippen LogP contribution < -0.4 is 15.0 Å². The zero-order valence-electron chi connectivity index (χ0n) is 14.3. The van der Waals surface area contributed by atoms with Gasteiger partial charge in [0.15, 0.2) is 0 Å². The summed E-state index contributed by atoms with van der Waals surface area (Å²) in [5.74, 6) is 0.161. The molecule has 0 spiro atoms. The van der Waals surface area contributed by atoms with E-state index in [1.54, 1.807) is 11.0 Å². The number of rotatable bonds is 1. The predicted octanol–water partition coefficient (Wildman–Crippen LogP) is 3.25. The van der Waals surface area contributed by atoms with Gasteiger partial charge in [0, 0.05) is 13.0 Å². The van der Waals surface area contributed by atoms with Crippen molar-refractivity contribution in [1.82, 2.24) is 0 Å². The number of carbonyl (C=O) groups excluding carboxylic acids is 2. The minimum absolute atomic E-state index is 0.0718. The standard InChI is InChI=1S/C20H20N2O3/c1-12-11-22(17-9-4-3-8-16(17)21-19(12)23)20(24)15-7-5-6-14-10-13(2)25-18(14)15/h3-9,12-13H,10-11H2,1-2H3,(H,21,23). The molecule has 2 unspecified atom stereocenters. The molecule has 2 aliphatic rings. The normalized spacial score (nSPS) is 21.7. The lowest BCUT2D eigenvalue weighted by atomic mass is 10.0. The van der Waals surface area contributed by atoms with Crippen LogP contribution in [0, 0.1) is 5.92 Å². The Hall–Kier alpha value is -2.82. The number of benzene rings is 2. The molecule has 4 rings (SSSR count). The average molecular weight is 336 g/mol. The van der Waals surface area contributed by atoms with Gasteiger partial charge in [-0.05, 0) is 30.7 Å². The minimum Gasteiger partial charge on any atom is -0.489 e. The Morgan fingerprint density at radius 2 is 1.96 bits per heavy atom. The van der Waals surface area contributed by atoms with E-state index in [4.69, 9.17) is 4.74 Å². The van der Waals surface area contributed by atoms with Crippen molar-refractivity contribution in [2.45, 2.75) is 26.4 Å². The zero-order valence-corrected chi connectivity index (χ0v) is 14.3. The maximum Gasteiger partial charge on any atom is 0.262 e. The summed E-state index contributed by atoms with van der Waals surface area (Å²) in [7, 11) is 0. The molecule has 5 heteroatoms. The molecule has 5 nitrogen and oxygen atoms in total. The van der Waals surface area contributed by atoms with Crippen LogP contribution >= 0.6 is 0 Å². The van der Waals surface area contributed by atoms with Gasteiger partial charge in [0.05, 0.1) is 22.9 Å². The number of anilines is 2. The number of nitrogens with one attached hydrogen (secondary N) is 1. The van der Waals surface area contributed by atoms with E-state index in [9.17, 15) is 9.59 Å². The second-order valence-corrected chi connectivity index (χ2v) is 6.75. The lowest BCUT2D eigenvalue weighted by Gasteiger charge is -2.24. The molecule has 2 aromatic rings. The first kappa shape index (κ1) is 15.7. The third kappa shape index (κ3) is 2.65. The average Bonchev–Trinajstić information content (AvgIpc) is 2.93. The van der Waals surface area contributed by atoms with Crippen LogP contribution in [0.25, 0.3) is 0 Å². The fourth-order valence-electron chi connectivity index (χ4n) is 3.47. The zero-order chi connectivity index (χ0) is 17.6. The quantitative estimate of drug-likeness (QED) is 0.870. The molecule has 2 heterocycles. The molecule has 2 atom stereocenters. The largest absolute Gasteiger partial charge is 0.489 e. The van der Waals surface area contributed by atoms with Crippen LogP contribution in [0.15, 0.2) is 42.5 Å². The molecule has 2 aliphatic heterocycles. The molecule has 0 aromatic heterocycles. The molecule has 0 saturated carbocycles. The van der Waals surface area contributed by atoms with Crippen molar-refractivity contribution in [3.63, 3.8) is 0 Å². The van der Waals surface area contributed by atoms with Gasteiger partial charge in [-0.2, -0.15) is 0 Å². The highest BCUT2D eigenvalue weighted by Crippen LogP contribution is 2.36. The Labute approximate surface area is 146 Å². The van der Waals surface area contributed by atoms with E-state index in [0.29, 0.717) is 29.2 Å². The summed E-state index contributed by atoms with van der Waals surface area (Å²) in [6, 6.07) is 13.1. The van der Waals surface area contributed by atoms with E-state index in [-0.39, 0.29) is 23.8 Å². The SMILES string of the molecule is CC1Cc2cccc(C(=O)N3CC(C)C(=O)Nc4ccccc43)c2O1. The van der Waals surface area contributed by atoms with Gasteiger partial charge < -0.3 is 15.0 Å². The Morgan fingerprint density at radius 1 is 1.16 bits per heavy atom. The van der Waals surface area contributed by atoms with Crippen LogP contribution in [-0.2, 0) is 11.2 Å². The molecule has 0 fully saturated rings. The fourth-order valence-corrected chi connectivity index (χ4v) is 3.47. The van der Waals surface area contributed by atoms with Gasteiger partial charge in [0.25, 0.3) is 5.91 Å². The second-order valence-electron chi connectivity index (χ2n) is 6.75. The summed E-state index contributed by atoms with van der Waals surface area (Å²) >= 11 is 0. The van der Waals surface area contributed by atoms with E-state index in [1.807, 2.05) is 50.2 Å². The molecule has 2 aromatic carbocycles. The second kappa shape index (κ2) is 5.92. The molecular weight excluding hydrogens is 316 g/mol. The number of hydrogen-bond acceptors (Lipinski definition) is 3. The molecule has 2 amide bonds. The van der Waals surface area contributed by atoms with Crippen LogP contribution in [0.2, 0.25) is 0 Å². The first-order chi connectivity index (χ1) is 12.0. The topological polar surface area (TPSA) is 58.6 Å². The number of hydrogen-bond donors (Lipinski definition) is 1. The van der Waals surface area contributed by atoms with Crippen molar-refractivity contribution in [2.24, 2.45) is 5.92 Å². The number of ether oxygens (including phenoxy) is 1. The van der Waals surface area contributed by atoms with E-state index < -0.39 is 0 Å². The molecule has 0 bridgehead atoms. The Morgan fingerprint density at radius 3 is 2.80 bits per heavy atom. The van der Waals surface area contributed by atoms with Crippen molar-refractivity contribution in [3.05, 3.63) is 53.6 Å². The number of nitrogens with zero attached hydrogens (tertiary/aromatic N) is 1. The third-order valence-electron chi connectivity index (χ3n) is 4.76. The van der Waals surface area contributed by atoms with Crippen LogP contribution in [0.5, 0.6) is 5.75 Å². The summed E-state index contributed by atoms with van der Waals surface area (Å²) in [5, 5.41) is 2.90. The molecule has 25 heavy (non-hydrogen) atoms. The monoisotopic (exact) mass is 336 g/mol. The van der Waals surface area contributed by atoms with Gasteiger partial charge in [-0.15, -0.1) is 0 Å². The molecular formula is C20H20N2O3. The van der Waals surface area contributed by atoms with Crippen LogP contribution in [0.3, 0.4) is 0 Å². The van der Waals surface area contributed by atoms with E-state index in [0.717, 1.165) is 12.0 Å². The Bertz CT molecular complexity index is 862. The summed E-state index contributed by atoms with van der Waals surface area (Å²) in [6.45, 7) is 4.16. The molecule has 0 saturated heterocycles. The minimum atomic E-state index is -0.298. The van der Waals surface area contributed by atoms with E-state index in [2.05, 4.69) is 5.32 Å². The Kier molecular flexibility index (Phi) is 3.71.